The summed E-state index contributed by atoms with van der Waals surface area (Å²) in [4.78, 5) is 2.34. The molecule has 4 aromatic carbocycles. The number of hydrogen-bond acceptors (Lipinski definition) is 2. The van der Waals surface area contributed by atoms with Crippen LogP contribution in [0.3, 0.4) is 0 Å². The first-order valence-electron chi connectivity index (χ1n) is 15.8. The molecule has 2 aliphatic rings. The van der Waals surface area contributed by atoms with E-state index in [1.165, 1.54) is 44.2 Å². The molecule has 2 N–H and O–H groups in total. The van der Waals surface area contributed by atoms with Crippen molar-refractivity contribution < 1.29 is 0 Å². The molecule has 224 valence electrons. The van der Waals surface area contributed by atoms with Crippen molar-refractivity contribution in [1.82, 2.24) is 0 Å². The van der Waals surface area contributed by atoms with Crippen molar-refractivity contribution in [2.75, 3.05) is 4.90 Å². The lowest BCUT2D eigenvalue weighted by Crippen LogP contribution is -2.14. The fourth-order valence-electron chi connectivity index (χ4n) is 6.29. The summed E-state index contributed by atoms with van der Waals surface area (Å²) in [7, 11) is 0. The highest BCUT2D eigenvalue weighted by Gasteiger charge is 2.21. The van der Waals surface area contributed by atoms with E-state index in [9.17, 15) is 0 Å². The number of benzene rings is 4. The minimum Gasteiger partial charge on any atom is -0.402 e. The molecule has 0 unspecified atom stereocenters. The molecule has 6 rings (SSSR count). The maximum Gasteiger partial charge on any atom is 0.0612 e. The maximum absolute atomic E-state index is 6.58. The van der Waals surface area contributed by atoms with Crippen LogP contribution in [0.25, 0.3) is 21.9 Å². The van der Waals surface area contributed by atoms with Crippen LogP contribution in [0, 0.1) is 6.92 Å². The molecule has 0 aromatic heterocycles. The van der Waals surface area contributed by atoms with Crippen molar-refractivity contribution >= 4 is 33.3 Å². The van der Waals surface area contributed by atoms with Gasteiger partial charge in [0.05, 0.1) is 5.69 Å². The number of rotatable bonds is 5. The smallest absolute Gasteiger partial charge is 0.0612 e. The molecule has 0 saturated heterocycles. The highest BCUT2D eigenvalue weighted by molar-refractivity contribution is 6.04. The van der Waals surface area contributed by atoms with E-state index < -0.39 is 0 Å². The minimum atomic E-state index is 0.510. The summed E-state index contributed by atoms with van der Waals surface area (Å²) in [5.74, 6) is 0.510. The summed E-state index contributed by atoms with van der Waals surface area (Å²) in [6.45, 7) is 15.6. The van der Waals surface area contributed by atoms with Crippen molar-refractivity contribution in [1.29, 1.82) is 0 Å². The van der Waals surface area contributed by atoms with Crippen LogP contribution in [-0.2, 0) is 0 Å². The predicted molar refractivity (Wildman–Crippen MR) is 195 cm³/mol. The van der Waals surface area contributed by atoms with Crippen LogP contribution in [0.4, 0.5) is 11.4 Å². The van der Waals surface area contributed by atoms with Crippen molar-refractivity contribution in [2.24, 2.45) is 5.73 Å². The van der Waals surface area contributed by atoms with Gasteiger partial charge in [-0.25, -0.2) is 0 Å². The second kappa shape index (κ2) is 12.5. The highest BCUT2D eigenvalue weighted by atomic mass is 15.1. The van der Waals surface area contributed by atoms with Gasteiger partial charge in [0, 0.05) is 35.0 Å². The van der Waals surface area contributed by atoms with Gasteiger partial charge in [0.25, 0.3) is 0 Å². The standard InChI is InChI=1S/C43H42N2/c1-28(2)34-15-17-35(18-16-34)37-14-13-33(25-38(44)26-37)23-30(4)42-24-31(5)40-22-19-36-9-7-8-10-41(36)43(40)45(27-32(42)6)39-20-11-29(3)12-21-39/h7-24,26-28H,5,25,44H2,1-4,6H3/b30-23+,32-27-,42-24-. The quantitative estimate of drug-likeness (QED) is 0.252. The van der Waals surface area contributed by atoms with Crippen molar-refractivity contribution in [3.63, 3.8) is 0 Å². The van der Waals surface area contributed by atoms with Gasteiger partial charge in [-0.2, -0.15) is 0 Å². The fraction of sp³-hybridized carbons (Fsp3) is 0.163. The van der Waals surface area contributed by atoms with Gasteiger partial charge in [-0.1, -0.05) is 117 Å². The third-order valence-corrected chi connectivity index (χ3v) is 8.83. The molecule has 1 heterocycles. The Labute approximate surface area is 268 Å². The molecule has 0 saturated carbocycles. The third kappa shape index (κ3) is 6.28. The first-order valence-corrected chi connectivity index (χ1v) is 15.8. The topological polar surface area (TPSA) is 29.3 Å². The van der Waals surface area contributed by atoms with Gasteiger partial charge in [-0.05, 0) is 101 Å². The summed E-state index contributed by atoms with van der Waals surface area (Å²) in [6, 6.07) is 30.6. The number of anilines is 2. The van der Waals surface area contributed by atoms with Crippen molar-refractivity contribution in [3.05, 3.63) is 178 Å². The van der Waals surface area contributed by atoms with E-state index in [1.54, 1.807) is 0 Å². The number of allylic oxidation sites excluding steroid dienone is 11. The Bertz CT molecular complexity index is 1970. The molecule has 0 radical (unpaired) electrons. The minimum absolute atomic E-state index is 0.510. The van der Waals surface area contributed by atoms with E-state index in [2.05, 4.69) is 168 Å². The molecule has 2 heteroatoms. The molecule has 0 fully saturated rings. The third-order valence-electron chi connectivity index (χ3n) is 8.83. The van der Waals surface area contributed by atoms with Crippen LogP contribution in [-0.4, -0.2) is 0 Å². The van der Waals surface area contributed by atoms with Crippen molar-refractivity contribution in [2.45, 2.75) is 47.0 Å². The zero-order valence-corrected chi connectivity index (χ0v) is 27.1. The first kappa shape index (κ1) is 30.0. The van der Waals surface area contributed by atoms with E-state index in [0.29, 0.717) is 12.3 Å². The second-order valence-corrected chi connectivity index (χ2v) is 12.6. The van der Waals surface area contributed by atoms with Gasteiger partial charge in [0.1, 0.15) is 0 Å². The largest absolute Gasteiger partial charge is 0.402 e. The molecule has 0 amide bonds. The summed E-state index contributed by atoms with van der Waals surface area (Å²) in [6.07, 6.45) is 14.0. The molecule has 0 spiro atoms. The van der Waals surface area contributed by atoms with Crippen LogP contribution < -0.4 is 10.6 Å². The van der Waals surface area contributed by atoms with Gasteiger partial charge in [0.15, 0.2) is 0 Å². The summed E-state index contributed by atoms with van der Waals surface area (Å²) >= 11 is 0. The van der Waals surface area contributed by atoms with Crippen LogP contribution in [0.5, 0.6) is 0 Å². The lowest BCUT2D eigenvalue weighted by molar-refractivity contribution is 0.866. The van der Waals surface area contributed by atoms with Gasteiger partial charge >= 0.3 is 0 Å². The van der Waals surface area contributed by atoms with Gasteiger partial charge in [0.2, 0.25) is 0 Å². The summed E-state index contributed by atoms with van der Waals surface area (Å²) in [5.41, 5.74) is 21.4. The number of hydrogen-bond donors (Lipinski definition) is 1. The Kier molecular flexibility index (Phi) is 8.32. The monoisotopic (exact) mass is 586 g/mol. The SMILES string of the molecule is C=C1/C=C(C(/C)=C/C2=CC=C(c3ccc(C(C)C)cc3)C=C(N)C2)\C(C)=C/N(c2ccc(C)cc2)c2c1ccc1ccccc21. The maximum atomic E-state index is 6.58. The fourth-order valence-corrected chi connectivity index (χ4v) is 6.29. The molecule has 1 aliphatic heterocycles. The van der Waals surface area contributed by atoms with Crippen LogP contribution in [0.2, 0.25) is 0 Å². The second-order valence-electron chi connectivity index (χ2n) is 12.6. The van der Waals surface area contributed by atoms with Gasteiger partial charge in [-0.15, -0.1) is 0 Å². The molecule has 2 nitrogen and oxygen atoms in total. The normalized spacial score (nSPS) is 18.1. The van der Waals surface area contributed by atoms with Gasteiger partial charge in [-0.3, -0.25) is 0 Å². The number of nitrogens with two attached hydrogens (primary N) is 1. The van der Waals surface area contributed by atoms with Crippen LogP contribution in [0.15, 0.2) is 156 Å². The molecule has 0 atom stereocenters. The molecule has 1 aliphatic carbocycles. The first-order chi connectivity index (χ1) is 21.7. The van der Waals surface area contributed by atoms with E-state index in [0.717, 1.165) is 39.4 Å². The van der Waals surface area contributed by atoms with E-state index in [1.807, 2.05) is 0 Å². The summed E-state index contributed by atoms with van der Waals surface area (Å²) < 4.78 is 0. The molecular weight excluding hydrogens is 544 g/mol. The number of aryl methyl sites for hydroxylation is 1. The zero-order chi connectivity index (χ0) is 31.7. The Balaban J connectivity index is 1.42. The Morgan fingerprint density at radius 1 is 0.867 bits per heavy atom. The van der Waals surface area contributed by atoms with Crippen LogP contribution >= 0.6 is 0 Å². The average molecular weight is 587 g/mol. The molecular formula is C43H42N2. The average Bonchev–Trinajstić information content (AvgIpc) is 3.22. The Morgan fingerprint density at radius 2 is 1.60 bits per heavy atom. The molecule has 45 heavy (non-hydrogen) atoms. The lowest BCUT2D eigenvalue weighted by atomic mass is 9.90. The predicted octanol–water partition coefficient (Wildman–Crippen LogP) is 11.5. The highest BCUT2D eigenvalue weighted by Crippen LogP contribution is 2.42. The van der Waals surface area contributed by atoms with E-state index in [4.69, 9.17) is 5.73 Å². The number of nitrogens with zero attached hydrogens (tertiary/aromatic N) is 1. The van der Waals surface area contributed by atoms with Crippen LogP contribution in [0.1, 0.15) is 62.3 Å². The molecule has 4 aromatic rings. The summed E-state index contributed by atoms with van der Waals surface area (Å²) in [5, 5.41) is 2.42. The van der Waals surface area contributed by atoms with Crippen molar-refractivity contribution in [3.8, 4) is 0 Å². The lowest BCUT2D eigenvalue weighted by Gasteiger charge is -2.29. The van der Waals surface area contributed by atoms with Gasteiger partial charge < -0.3 is 10.6 Å². The number of fused-ring (bicyclic) bond motifs is 3. The van der Waals surface area contributed by atoms with E-state index in [-0.39, 0.29) is 0 Å². The zero-order valence-electron chi connectivity index (χ0n) is 27.1. The Morgan fingerprint density at radius 3 is 2.33 bits per heavy atom. The van der Waals surface area contributed by atoms with E-state index >= 15 is 0 Å². The Hall–Kier alpha value is -5.08. The molecule has 0 bridgehead atoms.